The number of anilines is 2. The molecule has 2 aromatic heterocycles. The Morgan fingerprint density at radius 1 is 1.38 bits per heavy atom. The molecule has 0 atom stereocenters. The molecule has 0 aliphatic rings. The summed E-state index contributed by atoms with van der Waals surface area (Å²) in [5, 5.41) is 15.5. The zero-order valence-corrected chi connectivity index (χ0v) is 13.7. The molecule has 26 heavy (non-hydrogen) atoms. The Hall–Kier alpha value is -3.80. The summed E-state index contributed by atoms with van der Waals surface area (Å²) in [6.07, 6.45) is 4.10. The van der Waals surface area contributed by atoms with Crippen LogP contribution in [0.3, 0.4) is 0 Å². The topological polar surface area (TPSA) is 106 Å². The van der Waals surface area contributed by atoms with Crippen LogP contribution in [0.1, 0.15) is 10.4 Å². The lowest BCUT2D eigenvalue weighted by Gasteiger charge is -2.09. The summed E-state index contributed by atoms with van der Waals surface area (Å²) in [5.41, 5.74) is 0.995. The van der Waals surface area contributed by atoms with Crippen LogP contribution in [0.25, 0.3) is 11.3 Å². The predicted molar refractivity (Wildman–Crippen MR) is 89.9 cm³/mol. The smallest absolute Gasteiger partial charge is 0.338 e. The van der Waals surface area contributed by atoms with Gasteiger partial charge in [0.25, 0.3) is 0 Å². The molecule has 0 fully saturated rings. The van der Waals surface area contributed by atoms with Gasteiger partial charge in [0.1, 0.15) is 12.2 Å². The third kappa shape index (κ3) is 3.49. The van der Waals surface area contributed by atoms with Crippen molar-refractivity contribution in [1.29, 1.82) is 5.26 Å². The van der Waals surface area contributed by atoms with Gasteiger partial charge in [0.15, 0.2) is 5.82 Å². The number of hydrogen-bond donors (Lipinski definition) is 1. The lowest BCUT2D eigenvalue weighted by Crippen LogP contribution is -2.06. The second-order valence-electron chi connectivity index (χ2n) is 5.14. The minimum absolute atomic E-state index is 0.0343. The third-order valence-electron chi connectivity index (χ3n) is 3.45. The van der Waals surface area contributed by atoms with Crippen molar-refractivity contribution in [3.05, 3.63) is 54.2 Å². The van der Waals surface area contributed by atoms with Gasteiger partial charge in [0.2, 0.25) is 5.95 Å². The number of rotatable bonds is 5. The number of hydrogen-bond acceptors (Lipinski definition) is 7. The Balaban J connectivity index is 1.96. The second-order valence-corrected chi connectivity index (χ2v) is 5.14. The van der Waals surface area contributed by atoms with Gasteiger partial charge < -0.3 is 10.1 Å². The Morgan fingerprint density at radius 3 is 2.96 bits per heavy atom. The van der Waals surface area contributed by atoms with Crippen LogP contribution in [-0.4, -0.2) is 32.8 Å². The van der Waals surface area contributed by atoms with Gasteiger partial charge in [0, 0.05) is 11.8 Å². The van der Waals surface area contributed by atoms with Crippen molar-refractivity contribution in [3.8, 4) is 17.3 Å². The molecule has 0 bridgehead atoms. The van der Waals surface area contributed by atoms with E-state index in [1.807, 2.05) is 6.07 Å². The average Bonchev–Trinajstić information content (AvgIpc) is 3.10. The fraction of sp³-hybridized carbons (Fsp3) is 0.118. The zero-order valence-electron chi connectivity index (χ0n) is 13.7. The fourth-order valence-electron chi connectivity index (χ4n) is 2.31. The van der Waals surface area contributed by atoms with E-state index in [1.54, 1.807) is 24.4 Å². The first-order chi connectivity index (χ1) is 12.6. The molecule has 130 valence electrons. The fourth-order valence-corrected chi connectivity index (χ4v) is 2.31. The maximum absolute atomic E-state index is 14.3. The number of carbonyl (C=O) groups excluding carboxylic acids is 1. The first-order valence-corrected chi connectivity index (χ1v) is 7.49. The van der Waals surface area contributed by atoms with Crippen molar-refractivity contribution in [2.45, 2.75) is 6.54 Å². The van der Waals surface area contributed by atoms with Gasteiger partial charge in [-0.25, -0.2) is 19.2 Å². The molecule has 8 nitrogen and oxygen atoms in total. The highest BCUT2D eigenvalue weighted by molar-refractivity contribution is 5.96. The number of methoxy groups -OCH3 is 1. The Kier molecular flexibility index (Phi) is 4.85. The minimum atomic E-state index is -0.674. The van der Waals surface area contributed by atoms with E-state index in [0.717, 1.165) is 6.20 Å². The standard InChI is InChI=1S/C17H13FN6O2/c1-26-16(25)13-5-3-2-4-12(13)15-14(18)9-20-17(23-15)22-11-8-21-24(10-11)7-6-19/h2-5,8-10H,7H2,1H3,(H,20,22,23). The second kappa shape index (κ2) is 7.40. The van der Waals surface area contributed by atoms with Gasteiger partial charge in [-0.05, 0) is 6.07 Å². The lowest BCUT2D eigenvalue weighted by atomic mass is 10.0. The van der Waals surface area contributed by atoms with Gasteiger partial charge in [-0.2, -0.15) is 10.4 Å². The maximum atomic E-state index is 14.3. The molecule has 1 aromatic carbocycles. The van der Waals surface area contributed by atoms with Crippen LogP contribution in [0, 0.1) is 17.1 Å². The van der Waals surface area contributed by atoms with E-state index in [2.05, 4.69) is 20.4 Å². The average molecular weight is 352 g/mol. The Morgan fingerprint density at radius 2 is 2.19 bits per heavy atom. The van der Waals surface area contributed by atoms with E-state index in [9.17, 15) is 9.18 Å². The molecule has 0 amide bonds. The largest absolute Gasteiger partial charge is 0.465 e. The molecule has 0 saturated heterocycles. The van der Waals surface area contributed by atoms with Gasteiger partial charge in [-0.15, -0.1) is 0 Å². The van der Waals surface area contributed by atoms with Crippen molar-refractivity contribution in [2.24, 2.45) is 0 Å². The van der Waals surface area contributed by atoms with E-state index < -0.39 is 11.8 Å². The maximum Gasteiger partial charge on any atom is 0.338 e. The quantitative estimate of drug-likeness (QED) is 0.703. The molecule has 0 radical (unpaired) electrons. The van der Waals surface area contributed by atoms with Crippen LogP contribution in [0.5, 0.6) is 0 Å². The zero-order chi connectivity index (χ0) is 18.5. The minimum Gasteiger partial charge on any atom is -0.465 e. The SMILES string of the molecule is COC(=O)c1ccccc1-c1nc(Nc2cnn(CC#N)c2)ncc1F. The van der Waals surface area contributed by atoms with Crippen molar-refractivity contribution in [2.75, 3.05) is 12.4 Å². The highest BCUT2D eigenvalue weighted by Gasteiger charge is 2.18. The number of carbonyl (C=O) groups is 1. The molecule has 3 rings (SSSR count). The van der Waals surface area contributed by atoms with Crippen molar-refractivity contribution < 1.29 is 13.9 Å². The molecule has 0 saturated carbocycles. The molecule has 1 N–H and O–H groups in total. The summed E-state index contributed by atoms with van der Waals surface area (Å²) in [6.45, 7) is 0.101. The van der Waals surface area contributed by atoms with Gasteiger partial charge in [-0.3, -0.25) is 4.68 Å². The number of aromatic nitrogens is 4. The molecular weight excluding hydrogens is 339 g/mol. The molecule has 0 spiro atoms. The Bertz CT molecular complexity index is 995. The molecular formula is C17H13FN6O2. The summed E-state index contributed by atoms with van der Waals surface area (Å²) in [6, 6.07) is 8.39. The molecule has 3 aromatic rings. The Labute approximate surface area is 147 Å². The summed E-state index contributed by atoms with van der Waals surface area (Å²) in [5.74, 6) is -1.14. The molecule has 2 heterocycles. The molecule has 0 unspecified atom stereocenters. The summed E-state index contributed by atoms with van der Waals surface area (Å²) < 4.78 is 20.5. The number of ether oxygens (including phenoxy) is 1. The first-order valence-electron chi connectivity index (χ1n) is 7.49. The highest BCUT2D eigenvalue weighted by Crippen LogP contribution is 2.26. The van der Waals surface area contributed by atoms with Crippen molar-refractivity contribution in [3.63, 3.8) is 0 Å². The van der Waals surface area contributed by atoms with E-state index in [1.165, 1.54) is 24.1 Å². The lowest BCUT2D eigenvalue weighted by molar-refractivity contribution is 0.0601. The van der Waals surface area contributed by atoms with Crippen LogP contribution in [0.15, 0.2) is 42.9 Å². The summed E-state index contributed by atoms with van der Waals surface area (Å²) in [7, 11) is 1.25. The highest BCUT2D eigenvalue weighted by atomic mass is 19.1. The van der Waals surface area contributed by atoms with Crippen molar-refractivity contribution >= 4 is 17.6 Å². The normalized spacial score (nSPS) is 10.2. The summed E-state index contributed by atoms with van der Waals surface area (Å²) in [4.78, 5) is 20.0. The van der Waals surface area contributed by atoms with Crippen LogP contribution in [-0.2, 0) is 11.3 Å². The summed E-state index contributed by atoms with van der Waals surface area (Å²) >= 11 is 0. The third-order valence-corrected chi connectivity index (χ3v) is 3.45. The van der Waals surface area contributed by atoms with E-state index in [-0.39, 0.29) is 23.8 Å². The molecule has 9 heteroatoms. The number of nitrogens with zero attached hydrogens (tertiary/aromatic N) is 5. The molecule has 0 aliphatic heterocycles. The monoisotopic (exact) mass is 352 g/mol. The number of benzene rings is 1. The van der Waals surface area contributed by atoms with E-state index in [0.29, 0.717) is 11.3 Å². The number of esters is 1. The van der Waals surface area contributed by atoms with Crippen LogP contribution >= 0.6 is 0 Å². The number of nitrogens with one attached hydrogen (secondary N) is 1. The first kappa shape index (κ1) is 17.0. The van der Waals surface area contributed by atoms with Crippen LogP contribution in [0.4, 0.5) is 16.0 Å². The predicted octanol–water partition coefficient (Wildman–Crippen LogP) is 2.53. The van der Waals surface area contributed by atoms with Crippen LogP contribution in [0.2, 0.25) is 0 Å². The van der Waals surface area contributed by atoms with Crippen LogP contribution < -0.4 is 5.32 Å². The molecule has 0 aliphatic carbocycles. The van der Waals surface area contributed by atoms with Gasteiger partial charge in [-0.1, -0.05) is 18.2 Å². The number of nitriles is 1. The van der Waals surface area contributed by atoms with Gasteiger partial charge in [0.05, 0.1) is 36.8 Å². The van der Waals surface area contributed by atoms with Gasteiger partial charge >= 0.3 is 5.97 Å². The number of halogens is 1. The van der Waals surface area contributed by atoms with E-state index in [4.69, 9.17) is 10.00 Å². The van der Waals surface area contributed by atoms with Crippen molar-refractivity contribution in [1.82, 2.24) is 19.7 Å². The van der Waals surface area contributed by atoms with E-state index >= 15 is 0 Å².